The standard InChI is InChI=1S/C21H19F3N4O5/c1-14-25-12-19(28(30)31)27(14)10-11-32-20(29)26-17-6-8-18(9-7-17)33-13-15-2-4-16(5-3-15)21(22,23)24/h2-9,12H,10-11,13H2,1H3,(H,26,29). The van der Waals surface area contributed by atoms with Gasteiger partial charge in [0.15, 0.2) is 5.82 Å². The first-order valence-electron chi connectivity index (χ1n) is 9.63. The summed E-state index contributed by atoms with van der Waals surface area (Å²) in [5.41, 5.74) is 0.265. The average Bonchev–Trinajstić information content (AvgIpc) is 3.13. The number of carbonyl (C=O) groups excluding carboxylic acids is 1. The molecule has 33 heavy (non-hydrogen) atoms. The maximum absolute atomic E-state index is 12.6. The zero-order valence-corrected chi connectivity index (χ0v) is 17.3. The number of nitro groups is 1. The summed E-state index contributed by atoms with van der Waals surface area (Å²) in [6.07, 6.45) is -4.00. The van der Waals surface area contributed by atoms with E-state index < -0.39 is 22.8 Å². The number of anilines is 1. The van der Waals surface area contributed by atoms with Gasteiger partial charge >= 0.3 is 18.1 Å². The minimum Gasteiger partial charge on any atom is -0.489 e. The molecule has 0 saturated heterocycles. The number of imidazole rings is 1. The van der Waals surface area contributed by atoms with Crippen LogP contribution in [0.4, 0.5) is 29.5 Å². The molecule has 0 radical (unpaired) electrons. The zero-order chi connectivity index (χ0) is 24.0. The van der Waals surface area contributed by atoms with Crippen molar-refractivity contribution in [1.82, 2.24) is 9.55 Å². The molecule has 1 amide bonds. The van der Waals surface area contributed by atoms with Gasteiger partial charge in [0.05, 0.1) is 5.56 Å². The summed E-state index contributed by atoms with van der Waals surface area (Å²) in [6.45, 7) is 1.66. The molecule has 12 heteroatoms. The summed E-state index contributed by atoms with van der Waals surface area (Å²) in [5, 5.41) is 13.5. The van der Waals surface area contributed by atoms with Gasteiger partial charge in [-0.15, -0.1) is 0 Å². The first-order chi connectivity index (χ1) is 15.6. The lowest BCUT2D eigenvalue weighted by atomic mass is 10.1. The third kappa shape index (κ3) is 6.45. The fraction of sp³-hybridized carbons (Fsp3) is 0.238. The molecule has 3 aromatic rings. The fourth-order valence-electron chi connectivity index (χ4n) is 2.85. The van der Waals surface area contributed by atoms with Crippen molar-refractivity contribution >= 4 is 17.6 Å². The van der Waals surface area contributed by atoms with Crippen molar-refractivity contribution in [1.29, 1.82) is 0 Å². The van der Waals surface area contributed by atoms with Crippen LogP contribution in [0.25, 0.3) is 0 Å². The third-order valence-electron chi connectivity index (χ3n) is 4.56. The predicted molar refractivity (Wildman–Crippen MR) is 111 cm³/mol. The van der Waals surface area contributed by atoms with Crippen LogP contribution in [-0.2, 0) is 24.1 Å². The molecule has 1 aromatic heterocycles. The van der Waals surface area contributed by atoms with E-state index in [9.17, 15) is 28.1 Å². The van der Waals surface area contributed by atoms with Gasteiger partial charge in [0, 0.05) is 12.6 Å². The van der Waals surface area contributed by atoms with Crippen LogP contribution in [0.5, 0.6) is 5.75 Å². The van der Waals surface area contributed by atoms with Crippen LogP contribution in [0, 0.1) is 17.0 Å². The second-order valence-electron chi connectivity index (χ2n) is 6.84. The summed E-state index contributed by atoms with van der Waals surface area (Å²) < 4.78 is 49.7. The first kappa shape index (κ1) is 23.6. The molecule has 174 valence electrons. The number of carbonyl (C=O) groups is 1. The van der Waals surface area contributed by atoms with Gasteiger partial charge in [0.2, 0.25) is 0 Å². The summed E-state index contributed by atoms with van der Waals surface area (Å²) in [6, 6.07) is 11.0. The molecule has 1 N–H and O–H groups in total. The number of hydrogen-bond donors (Lipinski definition) is 1. The molecule has 0 aliphatic heterocycles. The summed E-state index contributed by atoms with van der Waals surface area (Å²) >= 11 is 0. The Labute approximate surface area is 185 Å². The topological polar surface area (TPSA) is 109 Å². The molecule has 0 spiro atoms. The maximum atomic E-state index is 12.6. The van der Waals surface area contributed by atoms with Gasteiger partial charge in [-0.1, -0.05) is 12.1 Å². The van der Waals surface area contributed by atoms with Gasteiger partial charge < -0.3 is 19.6 Å². The Morgan fingerprint density at radius 3 is 2.42 bits per heavy atom. The van der Waals surface area contributed by atoms with Crippen LogP contribution in [0.3, 0.4) is 0 Å². The van der Waals surface area contributed by atoms with E-state index in [4.69, 9.17) is 9.47 Å². The second-order valence-corrected chi connectivity index (χ2v) is 6.84. The van der Waals surface area contributed by atoms with E-state index in [1.165, 1.54) is 16.7 Å². The van der Waals surface area contributed by atoms with Gasteiger partial charge in [-0.2, -0.15) is 13.2 Å². The Hall–Kier alpha value is -4.09. The largest absolute Gasteiger partial charge is 0.489 e. The molecule has 0 aliphatic carbocycles. The molecular weight excluding hydrogens is 445 g/mol. The van der Waals surface area contributed by atoms with Crippen LogP contribution in [0.2, 0.25) is 0 Å². The van der Waals surface area contributed by atoms with Gasteiger partial charge in [-0.3, -0.25) is 5.32 Å². The predicted octanol–water partition coefficient (Wildman–Crippen LogP) is 4.95. The van der Waals surface area contributed by atoms with E-state index in [0.717, 1.165) is 18.3 Å². The lowest BCUT2D eigenvalue weighted by Crippen LogP contribution is -2.18. The minimum absolute atomic E-state index is 0.0757. The van der Waals surface area contributed by atoms with Gasteiger partial charge in [-0.25, -0.2) is 14.3 Å². The normalized spacial score (nSPS) is 11.2. The Kier molecular flexibility index (Phi) is 7.16. The number of alkyl halides is 3. The van der Waals surface area contributed by atoms with Crippen molar-refractivity contribution in [3.63, 3.8) is 0 Å². The van der Waals surface area contributed by atoms with E-state index in [1.807, 2.05) is 0 Å². The number of aryl methyl sites for hydroxylation is 1. The number of halogens is 3. The lowest BCUT2D eigenvalue weighted by molar-refractivity contribution is -0.392. The van der Waals surface area contributed by atoms with Crippen LogP contribution < -0.4 is 10.1 Å². The Morgan fingerprint density at radius 1 is 1.15 bits per heavy atom. The zero-order valence-electron chi connectivity index (χ0n) is 17.3. The highest BCUT2D eigenvalue weighted by molar-refractivity contribution is 5.84. The number of rotatable bonds is 8. The van der Waals surface area contributed by atoms with Crippen molar-refractivity contribution in [3.05, 3.63) is 81.8 Å². The van der Waals surface area contributed by atoms with Crippen molar-refractivity contribution in [2.45, 2.75) is 26.3 Å². The second kappa shape index (κ2) is 10.0. The van der Waals surface area contributed by atoms with Crippen LogP contribution in [-0.4, -0.2) is 27.2 Å². The number of ether oxygens (including phenoxy) is 2. The molecule has 0 unspecified atom stereocenters. The average molecular weight is 464 g/mol. The minimum atomic E-state index is -4.39. The third-order valence-corrected chi connectivity index (χ3v) is 4.56. The lowest BCUT2D eigenvalue weighted by Gasteiger charge is -2.10. The molecule has 0 bridgehead atoms. The molecule has 0 fully saturated rings. The number of amides is 1. The smallest absolute Gasteiger partial charge is 0.416 e. The Morgan fingerprint density at radius 2 is 1.82 bits per heavy atom. The van der Waals surface area contributed by atoms with E-state index in [1.54, 1.807) is 31.2 Å². The number of benzene rings is 2. The van der Waals surface area contributed by atoms with Crippen molar-refractivity contribution in [2.24, 2.45) is 0 Å². The SMILES string of the molecule is Cc1ncc([N+](=O)[O-])n1CCOC(=O)Nc1ccc(OCc2ccc(C(F)(F)F)cc2)cc1. The van der Waals surface area contributed by atoms with Crippen LogP contribution in [0.1, 0.15) is 17.0 Å². The highest BCUT2D eigenvalue weighted by atomic mass is 19.4. The summed E-state index contributed by atoms with van der Waals surface area (Å²) in [5.74, 6) is 0.692. The molecule has 2 aromatic carbocycles. The summed E-state index contributed by atoms with van der Waals surface area (Å²) in [7, 11) is 0. The van der Waals surface area contributed by atoms with Gasteiger partial charge in [0.1, 0.15) is 31.7 Å². The number of hydrogen-bond acceptors (Lipinski definition) is 6. The van der Waals surface area contributed by atoms with E-state index >= 15 is 0 Å². The molecule has 0 aliphatic rings. The fourth-order valence-corrected chi connectivity index (χ4v) is 2.85. The molecule has 9 nitrogen and oxygen atoms in total. The Balaban J connectivity index is 1.45. The molecule has 1 heterocycles. The number of nitrogens with zero attached hydrogens (tertiary/aromatic N) is 3. The van der Waals surface area contributed by atoms with Gasteiger partial charge in [0.25, 0.3) is 0 Å². The first-order valence-corrected chi connectivity index (χ1v) is 9.63. The molecular formula is C21H19F3N4O5. The van der Waals surface area contributed by atoms with E-state index in [2.05, 4.69) is 10.3 Å². The van der Waals surface area contributed by atoms with Crippen molar-refractivity contribution < 1.29 is 32.4 Å². The molecule has 0 atom stereocenters. The van der Waals surface area contributed by atoms with Crippen molar-refractivity contribution in [3.8, 4) is 5.75 Å². The quantitative estimate of drug-likeness (QED) is 0.373. The van der Waals surface area contributed by atoms with Crippen LogP contribution in [0.15, 0.2) is 54.7 Å². The Bertz CT molecular complexity index is 1110. The number of aromatic nitrogens is 2. The maximum Gasteiger partial charge on any atom is 0.416 e. The number of nitrogens with one attached hydrogen (secondary N) is 1. The highest BCUT2D eigenvalue weighted by Gasteiger charge is 2.29. The van der Waals surface area contributed by atoms with E-state index in [-0.39, 0.29) is 25.6 Å². The van der Waals surface area contributed by atoms with Crippen LogP contribution >= 0.6 is 0 Å². The molecule has 0 saturated carbocycles. The van der Waals surface area contributed by atoms with E-state index in [0.29, 0.717) is 22.8 Å². The molecule has 3 rings (SSSR count). The summed E-state index contributed by atoms with van der Waals surface area (Å²) in [4.78, 5) is 26.2. The van der Waals surface area contributed by atoms with Crippen molar-refractivity contribution in [2.75, 3.05) is 11.9 Å². The monoisotopic (exact) mass is 464 g/mol. The van der Waals surface area contributed by atoms with Gasteiger partial charge in [-0.05, 0) is 46.9 Å². The highest BCUT2D eigenvalue weighted by Crippen LogP contribution is 2.29.